The Morgan fingerprint density at radius 1 is 1.04 bits per heavy atom. The highest BCUT2D eigenvalue weighted by atomic mass is 16.5. The largest absolute Gasteiger partial charge is 0.484 e. The lowest BCUT2D eigenvalue weighted by Crippen LogP contribution is -2.54. The normalized spacial score (nSPS) is 24.4. The molecular weight excluding hydrogens is 342 g/mol. The molecular formula is C21H31N3O3. The van der Waals surface area contributed by atoms with Crippen molar-refractivity contribution in [2.75, 3.05) is 59.1 Å². The smallest absolute Gasteiger partial charge is 0.260 e. The van der Waals surface area contributed by atoms with Crippen molar-refractivity contribution in [1.29, 1.82) is 0 Å². The Bertz CT molecular complexity index is 616. The van der Waals surface area contributed by atoms with E-state index in [2.05, 4.69) is 21.9 Å². The molecule has 3 heterocycles. The predicted octanol–water partition coefficient (Wildman–Crippen LogP) is 1.59. The summed E-state index contributed by atoms with van der Waals surface area (Å²) in [5, 5.41) is 0. The third-order valence-electron chi connectivity index (χ3n) is 5.98. The average Bonchev–Trinajstić information content (AvgIpc) is 2.73. The molecule has 1 atom stereocenters. The zero-order valence-electron chi connectivity index (χ0n) is 16.1. The monoisotopic (exact) mass is 373 g/mol. The van der Waals surface area contributed by atoms with E-state index in [1.807, 2.05) is 17.0 Å². The van der Waals surface area contributed by atoms with E-state index in [1.165, 1.54) is 44.5 Å². The minimum atomic E-state index is 0.0349. The van der Waals surface area contributed by atoms with E-state index in [0.29, 0.717) is 26.3 Å². The maximum Gasteiger partial charge on any atom is 0.260 e. The van der Waals surface area contributed by atoms with Crippen molar-refractivity contribution in [1.82, 2.24) is 14.7 Å². The van der Waals surface area contributed by atoms with Gasteiger partial charge < -0.3 is 14.4 Å². The Labute approximate surface area is 162 Å². The summed E-state index contributed by atoms with van der Waals surface area (Å²) in [6.07, 6.45) is 4.09. The molecule has 148 valence electrons. The molecule has 0 unspecified atom stereocenters. The van der Waals surface area contributed by atoms with Crippen LogP contribution in [0.15, 0.2) is 24.3 Å². The summed E-state index contributed by atoms with van der Waals surface area (Å²) in [6, 6.07) is 8.97. The van der Waals surface area contributed by atoms with Gasteiger partial charge in [0.1, 0.15) is 5.75 Å². The third kappa shape index (κ3) is 5.00. The van der Waals surface area contributed by atoms with Gasteiger partial charge in [-0.2, -0.15) is 0 Å². The number of carbonyl (C=O) groups excluding carboxylic acids is 1. The van der Waals surface area contributed by atoms with Crippen LogP contribution in [0.25, 0.3) is 0 Å². The molecule has 0 N–H and O–H groups in total. The van der Waals surface area contributed by atoms with Gasteiger partial charge in [0.15, 0.2) is 6.61 Å². The summed E-state index contributed by atoms with van der Waals surface area (Å²) in [7, 11) is 0. The number of amides is 1. The van der Waals surface area contributed by atoms with Crippen molar-refractivity contribution in [3.63, 3.8) is 0 Å². The lowest BCUT2D eigenvalue weighted by molar-refractivity contribution is -0.137. The number of morpholine rings is 1. The fourth-order valence-corrected chi connectivity index (χ4v) is 4.36. The van der Waals surface area contributed by atoms with Crippen LogP contribution in [0.2, 0.25) is 0 Å². The van der Waals surface area contributed by atoms with Gasteiger partial charge in [-0.3, -0.25) is 14.6 Å². The summed E-state index contributed by atoms with van der Waals surface area (Å²) in [6.45, 7) is 8.49. The van der Waals surface area contributed by atoms with Crippen molar-refractivity contribution in [2.45, 2.75) is 31.8 Å². The van der Waals surface area contributed by atoms with Crippen LogP contribution in [-0.4, -0.2) is 85.7 Å². The van der Waals surface area contributed by atoms with Crippen LogP contribution in [-0.2, 0) is 16.1 Å². The summed E-state index contributed by atoms with van der Waals surface area (Å²) in [5.74, 6) is 0.796. The van der Waals surface area contributed by atoms with Gasteiger partial charge in [0, 0.05) is 45.3 Å². The molecule has 3 fully saturated rings. The van der Waals surface area contributed by atoms with E-state index in [9.17, 15) is 4.79 Å². The summed E-state index contributed by atoms with van der Waals surface area (Å²) >= 11 is 0. The van der Waals surface area contributed by atoms with Gasteiger partial charge in [0.25, 0.3) is 5.91 Å². The molecule has 0 bridgehead atoms. The Morgan fingerprint density at radius 3 is 2.67 bits per heavy atom. The van der Waals surface area contributed by atoms with Crippen molar-refractivity contribution in [2.24, 2.45) is 0 Å². The second kappa shape index (κ2) is 9.04. The second-order valence-electron chi connectivity index (χ2n) is 7.85. The van der Waals surface area contributed by atoms with Crippen LogP contribution in [0.1, 0.15) is 24.8 Å². The van der Waals surface area contributed by atoms with Crippen molar-refractivity contribution >= 4 is 5.91 Å². The Balaban J connectivity index is 1.23. The molecule has 0 aliphatic carbocycles. The highest BCUT2D eigenvalue weighted by Crippen LogP contribution is 2.22. The molecule has 0 radical (unpaired) electrons. The second-order valence-corrected chi connectivity index (χ2v) is 7.85. The molecule has 6 heteroatoms. The number of carbonyl (C=O) groups is 1. The molecule has 3 aliphatic rings. The van der Waals surface area contributed by atoms with Gasteiger partial charge in [0.2, 0.25) is 0 Å². The van der Waals surface area contributed by atoms with Crippen LogP contribution in [0.5, 0.6) is 5.75 Å². The number of ether oxygens (including phenoxy) is 2. The van der Waals surface area contributed by atoms with Crippen molar-refractivity contribution in [3.05, 3.63) is 29.8 Å². The van der Waals surface area contributed by atoms with Gasteiger partial charge >= 0.3 is 0 Å². The summed E-state index contributed by atoms with van der Waals surface area (Å²) < 4.78 is 11.0. The van der Waals surface area contributed by atoms with E-state index < -0.39 is 0 Å². The van der Waals surface area contributed by atoms with E-state index >= 15 is 0 Å². The van der Waals surface area contributed by atoms with Crippen LogP contribution >= 0.6 is 0 Å². The predicted molar refractivity (Wildman–Crippen MR) is 104 cm³/mol. The first kappa shape index (κ1) is 18.7. The Hall–Kier alpha value is -1.63. The number of hydrogen-bond acceptors (Lipinski definition) is 5. The number of fused-ring (bicyclic) bond motifs is 1. The maximum absolute atomic E-state index is 12.2. The van der Waals surface area contributed by atoms with E-state index in [0.717, 1.165) is 24.9 Å². The molecule has 1 amide bonds. The SMILES string of the molecule is O=C(COc1ccc(CN2CCN3CCCC[C@H]3C2)cc1)N1CCOCC1. The minimum absolute atomic E-state index is 0.0349. The molecule has 0 saturated carbocycles. The lowest BCUT2D eigenvalue weighted by Gasteiger charge is -2.44. The molecule has 4 rings (SSSR count). The van der Waals surface area contributed by atoms with Crippen molar-refractivity contribution < 1.29 is 14.3 Å². The number of piperazine rings is 1. The molecule has 1 aromatic carbocycles. The van der Waals surface area contributed by atoms with Crippen LogP contribution < -0.4 is 4.74 Å². The molecule has 0 aromatic heterocycles. The van der Waals surface area contributed by atoms with Gasteiger partial charge in [-0.25, -0.2) is 0 Å². The van der Waals surface area contributed by atoms with E-state index in [-0.39, 0.29) is 12.5 Å². The number of nitrogens with zero attached hydrogens (tertiary/aromatic N) is 3. The van der Waals surface area contributed by atoms with Gasteiger partial charge in [-0.05, 0) is 37.1 Å². The fraction of sp³-hybridized carbons (Fsp3) is 0.667. The number of rotatable bonds is 5. The number of piperidine rings is 1. The quantitative estimate of drug-likeness (QED) is 0.784. The topological polar surface area (TPSA) is 45.2 Å². The first-order chi connectivity index (χ1) is 13.3. The van der Waals surface area contributed by atoms with Gasteiger partial charge in [-0.15, -0.1) is 0 Å². The zero-order chi connectivity index (χ0) is 18.5. The van der Waals surface area contributed by atoms with Crippen LogP contribution in [0.4, 0.5) is 0 Å². The first-order valence-corrected chi connectivity index (χ1v) is 10.3. The van der Waals surface area contributed by atoms with E-state index in [1.54, 1.807) is 0 Å². The molecule has 1 aromatic rings. The fourth-order valence-electron chi connectivity index (χ4n) is 4.36. The van der Waals surface area contributed by atoms with Crippen LogP contribution in [0.3, 0.4) is 0 Å². The molecule has 3 aliphatic heterocycles. The molecule has 0 spiro atoms. The third-order valence-corrected chi connectivity index (χ3v) is 5.98. The Morgan fingerprint density at radius 2 is 1.85 bits per heavy atom. The molecule has 3 saturated heterocycles. The molecule has 6 nitrogen and oxygen atoms in total. The van der Waals surface area contributed by atoms with Gasteiger partial charge in [-0.1, -0.05) is 18.6 Å². The van der Waals surface area contributed by atoms with Crippen molar-refractivity contribution in [3.8, 4) is 5.75 Å². The first-order valence-electron chi connectivity index (χ1n) is 10.3. The lowest BCUT2D eigenvalue weighted by atomic mass is 9.99. The summed E-state index contributed by atoms with van der Waals surface area (Å²) in [5.41, 5.74) is 1.31. The highest BCUT2D eigenvalue weighted by Gasteiger charge is 2.28. The number of benzene rings is 1. The maximum atomic E-state index is 12.2. The number of hydrogen-bond donors (Lipinski definition) is 0. The highest BCUT2D eigenvalue weighted by molar-refractivity contribution is 5.77. The Kier molecular flexibility index (Phi) is 6.27. The zero-order valence-corrected chi connectivity index (χ0v) is 16.1. The van der Waals surface area contributed by atoms with Gasteiger partial charge in [0.05, 0.1) is 13.2 Å². The summed E-state index contributed by atoms with van der Waals surface area (Å²) in [4.78, 5) is 19.2. The standard InChI is InChI=1S/C21H31N3O3/c25-21(24-11-13-26-14-12-24)17-27-20-6-4-18(5-7-20)15-22-9-10-23-8-2-1-3-19(23)16-22/h4-7,19H,1-3,8-17H2/t19-/m0/s1. The minimum Gasteiger partial charge on any atom is -0.484 e. The average molecular weight is 373 g/mol. The molecule has 27 heavy (non-hydrogen) atoms. The van der Waals surface area contributed by atoms with Crippen LogP contribution in [0, 0.1) is 0 Å². The van der Waals surface area contributed by atoms with E-state index in [4.69, 9.17) is 9.47 Å².